The van der Waals surface area contributed by atoms with E-state index in [0.29, 0.717) is 5.88 Å². The average molecular weight is 262 g/mol. The van der Waals surface area contributed by atoms with Crippen LogP contribution >= 0.6 is 11.6 Å². The van der Waals surface area contributed by atoms with Crippen molar-refractivity contribution in [2.24, 2.45) is 0 Å². The monoisotopic (exact) mass is 261 g/mol. The minimum atomic E-state index is 0.396. The number of pyridine rings is 1. The molecular weight excluding hydrogens is 246 g/mol. The zero-order chi connectivity index (χ0) is 13.1. The number of halogens is 1. The van der Waals surface area contributed by atoms with Gasteiger partial charge in [-0.2, -0.15) is 0 Å². The summed E-state index contributed by atoms with van der Waals surface area (Å²) < 4.78 is 5.97. The maximum atomic E-state index is 5.97. The third-order valence-corrected chi connectivity index (χ3v) is 3.27. The molecule has 18 heavy (non-hydrogen) atoms. The number of nitrogens with zero attached hydrogens (tertiary/aromatic N) is 1. The van der Waals surface area contributed by atoms with E-state index in [2.05, 4.69) is 31.8 Å². The molecule has 1 heterocycles. The van der Waals surface area contributed by atoms with Crippen LogP contribution in [0.5, 0.6) is 11.5 Å². The lowest BCUT2D eigenvalue weighted by molar-refractivity contribution is 0.473. The first-order chi connectivity index (χ1) is 8.61. The Hall–Kier alpha value is -1.54. The SMILES string of the molecule is Cc1cc(C)c(C)c(Oc2ccncc2CCl)c1. The summed E-state index contributed by atoms with van der Waals surface area (Å²) >= 11 is 5.88. The molecule has 0 unspecified atom stereocenters. The highest BCUT2D eigenvalue weighted by Gasteiger charge is 2.08. The van der Waals surface area contributed by atoms with Gasteiger partial charge in [-0.05, 0) is 49.6 Å². The van der Waals surface area contributed by atoms with Gasteiger partial charge in [0.05, 0.1) is 5.88 Å². The van der Waals surface area contributed by atoms with Crippen molar-refractivity contribution in [1.82, 2.24) is 4.98 Å². The van der Waals surface area contributed by atoms with Crippen molar-refractivity contribution in [3.05, 3.63) is 52.8 Å². The summed E-state index contributed by atoms with van der Waals surface area (Å²) in [6, 6.07) is 6.03. The molecule has 0 N–H and O–H groups in total. The van der Waals surface area contributed by atoms with Gasteiger partial charge in [0.25, 0.3) is 0 Å². The van der Waals surface area contributed by atoms with E-state index in [1.807, 2.05) is 12.1 Å². The molecule has 0 atom stereocenters. The Morgan fingerprint density at radius 1 is 1.17 bits per heavy atom. The summed E-state index contributed by atoms with van der Waals surface area (Å²) in [4.78, 5) is 4.05. The van der Waals surface area contributed by atoms with Crippen LogP contribution in [-0.2, 0) is 5.88 Å². The highest BCUT2D eigenvalue weighted by atomic mass is 35.5. The van der Waals surface area contributed by atoms with Gasteiger partial charge in [-0.3, -0.25) is 4.98 Å². The summed E-state index contributed by atoms with van der Waals surface area (Å²) in [5.74, 6) is 2.05. The van der Waals surface area contributed by atoms with Crippen LogP contribution < -0.4 is 4.74 Å². The molecule has 2 rings (SSSR count). The molecule has 0 aliphatic heterocycles. The Kier molecular flexibility index (Phi) is 3.87. The smallest absolute Gasteiger partial charge is 0.134 e. The predicted octanol–water partition coefficient (Wildman–Crippen LogP) is 4.54. The summed E-state index contributed by atoms with van der Waals surface area (Å²) in [6.45, 7) is 6.21. The lowest BCUT2D eigenvalue weighted by atomic mass is 10.1. The minimum absolute atomic E-state index is 0.396. The van der Waals surface area contributed by atoms with Crippen molar-refractivity contribution in [3.8, 4) is 11.5 Å². The fourth-order valence-corrected chi connectivity index (χ4v) is 2.04. The fourth-order valence-electron chi connectivity index (χ4n) is 1.84. The van der Waals surface area contributed by atoms with E-state index in [0.717, 1.165) is 22.6 Å². The number of rotatable bonds is 3. The quantitative estimate of drug-likeness (QED) is 0.757. The number of benzene rings is 1. The molecule has 0 aliphatic rings. The molecule has 0 radical (unpaired) electrons. The Labute approximate surface area is 113 Å². The summed E-state index contributed by atoms with van der Waals surface area (Å²) in [5, 5.41) is 0. The molecule has 0 saturated heterocycles. The van der Waals surface area contributed by atoms with Gasteiger partial charge in [0.15, 0.2) is 0 Å². The first-order valence-electron chi connectivity index (χ1n) is 5.86. The van der Waals surface area contributed by atoms with Crippen LogP contribution in [0.2, 0.25) is 0 Å². The predicted molar refractivity (Wildman–Crippen MR) is 74.5 cm³/mol. The van der Waals surface area contributed by atoms with Gasteiger partial charge in [-0.25, -0.2) is 0 Å². The van der Waals surface area contributed by atoms with Crippen LogP contribution in [0.1, 0.15) is 22.3 Å². The number of ether oxygens (including phenoxy) is 1. The van der Waals surface area contributed by atoms with Crippen LogP contribution in [0.15, 0.2) is 30.6 Å². The minimum Gasteiger partial charge on any atom is -0.457 e. The number of aromatic nitrogens is 1. The van der Waals surface area contributed by atoms with Gasteiger partial charge in [0, 0.05) is 18.0 Å². The zero-order valence-electron chi connectivity index (χ0n) is 10.8. The van der Waals surface area contributed by atoms with Crippen molar-refractivity contribution < 1.29 is 4.74 Å². The summed E-state index contributed by atoms with van der Waals surface area (Å²) in [5.41, 5.74) is 4.47. The molecular formula is C15H16ClNO. The van der Waals surface area contributed by atoms with Crippen LogP contribution in [0, 0.1) is 20.8 Å². The standard InChI is InChI=1S/C15H16ClNO/c1-10-6-11(2)12(3)15(7-10)18-14-4-5-17-9-13(14)8-16/h4-7,9H,8H2,1-3H3. The molecule has 0 saturated carbocycles. The highest BCUT2D eigenvalue weighted by Crippen LogP contribution is 2.30. The van der Waals surface area contributed by atoms with Crippen molar-refractivity contribution in [2.75, 3.05) is 0 Å². The lowest BCUT2D eigenvalue weighted by Crippen LogP contribution is -1.94. The topological polar surface area (TPSA) is 22.1 Å². The Balaban J connectivity index is 2.40. The average Bonchev–Trinajstić information content (AvgIpc) is 2.36. The van der Waals surface area contributed by atoms with E-state index < -0.39 is 0 Å². The van der Waals surface area contributed by atoms with Gasteiger partial charge in [0.1, 0.15) is 11.5 Å². The van der Waals surface area contributed by atoms with Crippen molar-refractivity contribution in [1.29, 1.82) is 0 Å². The maximum Gasteiger partial charge on any atom is 0.134 e. The number of aryl methyl sites for hydroxylation is 2. The first kappa shape index (κ1) is 12.9. The molecule has 1 aromatic carbocycles. The van der Waals surface area contributed by atoms with Gasteiger partial charge < -0.3 is 4.74 Å². The van der Waals surface area contributed by atoms with Crippen molar-refractivity contribution in [3.63, 3.8) is 0 Å². The van der Waals surface area contributed by atoms with E-state index in [1.165, 1.54) is 11.1 Å². The van der Waals surface area contributed by atoms with Crippen LogP contribution in [0.25, 0.3) is 0 Å². The zero-order valence-corrected chi connectivity index (χ0v) is 11.6. The van der Waals surface area contributed by atoms with E-state index in [1.54, 1.807) is 12.4 Å². The second-order valence-corrected chi connectivity index (χ2v) is 4.69. The first-order valence-corrected chi connectivity index (χ1v) is 6.40. The Morgan fingerprint density at radius 3 is 2.67 bits per heavy atom. The number of alkyl halides is 1. The fraction of sp³-hybridized carbons (Fsp3) is 0.267. The van der Waals surface area contributed by atoms with Crippen LogP contribution in [0.3, 0.4) is 0 Å². The number of hydrogen-bond acceptors (Lipinski definition) is 2. The van der Waals surface area contributed by atoms with Crippen molar-refractivity contribution in [2.45, 2.75) is 26.7 Å². The Bertz CT molecular complexity index is 566. The molecule has 1 aromatic heterocycles. The van der Waals surface area contributed by atoms with Gasteiger partial charge in [-0.15, -0.1) is 11.6 Å². The van der Waals surface area contributed by atoms with E-state index >= 15 is 0 Å². The molecule has 0 aliphatic carbocycles. The molecule has 94 valence electrons. The molecule has 0 bridgehead atoms. The molecule has 0 amide bonds. The third kappa shape index (κ3) is 2.65. The molecule has 2 nitrogen and oxygen atoms in total. The second kappa shape index (κ2) is 5.40. The number of hydrogen-bond donors (Lipinski definition) is 0. The van der Waals surface area contributed by atoms with E-state index in [4.69, 9.17) is 16.3 Å². The molecule has 2 aromatic rings. The highest BCUT2D eigenvalue weighted by molar-refractivity contribution is 6.17. The normalized spacial score (nSPS) is 10.4. The van der Waals surface area contributed by atoms with E-state index in [-0.39, 0.29) is 0 Å². The van der Waals surface area contributed by atoms with Crippen molar-refractivity contribution >= 4 is 11.6 Å². The molecule has 0 spiro atoms. The van der Waals surface area contributed by atoms with Gasteiger partial charge in [0.2, 0.25) is 0 Å². The lowest BCUT2D eigenvalue weighted by Gasteiger charge is -2.13. The van der Waals surface area contributed by atoms with Gasteiger partial charge >= 0.3 is 0 Å². The van der Waals surface area contributed by atoms with Crippen LogP contribution in [-0.4, -0.2) is 4.98 Å². The third-order valence-electron chi connectivity index (χ3n) is 2.99. The second-order valence-electron chi connectivity index (χ2n) is 4.42. The van der Waals surface area contributed by atoms with Crippen LogP contribution in [0.4, 0.5) is 0 Å². The Morgan fingerprint density at radius 2 is 1.94 bits per heavy atom. The summed E-state index contributed by atoms with van der Waals surface area (Å²) in [6.07, 6.45) is 3.45. The molecule has 3 heteroatoms. The van der Waals surface area contributed by atoms with Gasteiger partial charge in [-0.1, -0.05) is 6.07 Å². The summed E-state index contributed by atoms with van der Waals surface area (Å²) in [7, 11) is 0. The maximum absolute atomic E-state index is 5.97. The molecule has 0 fully saturated rings. The van der Waals surface area contributed by atoms with E-state index in [9.17, 15) is 0 Å². The largest absolute Gasteiger partial charge is 0.457 e.